The van der Waals surface area contributed by atoms with Gasteiger partial charge in [-0.3, -0.25) is 9.69 Å². The van der Waals surface area contributed by atoms with Crippen LogP contribution in [0.15, 0.2) is 36.4 Å². The number of rotatable bonds is 10. The van der Waals surface area contributed by atoms with Gasteiger partial charge in [-0.2, -0.15) is 0 Å². The fourth-order valence-electron chi connectivity index (χ4n) is 4.17. The van der Waals surface area contributed by atoms with Crippen LogP contribution in [0, 0.1) is 0 Å². The molecule has 1 heterocycles. The van der Waals surface area contributed by atoms with Crippen LogP contribution < -0.4 is 19.5 Å². The highest BCUT2D eigenvalue weighted by molar-refractivity contribution is 6.32. The molecule has 8 heteroatoms. The van der Waals surface area contributed by atoms with Crippen LogP contribution in [0.3, 0.4) is 0 Å². The SMILES string of the molecule is CCOC(=O)CN1[C@H](CNc2ccc(Cl)c(OC)c2)CC[C@@H]1c1ccc(OC)c(OC)c1. The van der Waals surface area contributed by atoms with Crippen molar-refractivity contribution in [3.8, 4) is 17.2 Å². The van der Waals surface area contributed by atoms with Gasteiger partial charge >= 0.3 is 5.97 Å². The van der Waals surface area contributed by atoms with Crippen LogP contribution in [0.2, 0.25) is 5.02 Å². The number of nitrogens with zero attached hydrogens (tertiary/aromatic N) is 1. The van der Waals surface area contributed by atoms with Crippen LogP contribution >= 0.6 is 11.6 Å². The Bertz CT molecular complexity index is 923. The smallest absolute Gasteiger partial charge is 0.320 e. The molecular weight excluding hydrogens is 432 g/mol. The Labute approximate surface area is 194 Å². The van der Waals surface area contributed by atoms with Crippen LogP contribution in [0.1, 0.15) is 31.4 Å². The minimum Gasteiger partial charge on any atom is -0.495 e. The number of hydrogen-bond donors (Lipinski definition) is 1. The van der Waals surface area contributed by atoms with Crippen LogP contribution in [0.25, 0.3) is 0 Å². The Balaban J connectivity index is 1.79. The van der Waals surface area contributed by atoms with E-state index in [0.29, 0.717) is 35.4 Å². The summed E-state index contributed by atoms with van der Waals surface area (Å²) in [6.45, 7) is 3.08. The number of carbonyl (C=O) groups excluding carboxylic acids is 1. The van der Waals surface area contributed by atoms with Gasteiger partial charge in [0.15, 0.2) is 11.5 Å². The molecule has 0 aliphatic carbocycles. The first kappa shape index (κ1) is 24.0. The molecule has 0 aromatic heterocycles. The first-order chi connectivity index (χ1) is 15.5. The minimum atomic E-state index is -0.224. The van der Waals surface area contributed by atoms with Gasteiger partial charge in [0.1, 0.15) is 5.75 Å². The zero-order valence-electron chi connectivity index (χ0n) is 19.0. The Morgan fingerprint density at radius 2 is 1.78 bits per heavy atom. The van der Waals surface area contributed by atoms with Gasteiger partial charge in [0.05, 0.1) is 39.5 Å². The predicted molar refractivity (Wildman–Crippen MR) is 125 cm³/mol. The Hall–Kier alpha value is -2.64. The monoisotopic (exact) mass is 462 g/mol. The zero-order valence-corrected chi connectivity index (χ0v) is 19.8. The standard InChI is InChI=1S/C24H31ClN2O5/c1-5-32-24(28)15-27-18(14-26-17-7-9-19(25)22(13-17)30-3)8-10-20(27)16-6-11-21(29-2)23(12-16)31-4/h6-7,9,11-13,18,20,26H,5,8,10,14-15H2,1-4H3/t18-,20+/m0/s1. The molecule has 174 valence electrons. The van der Waals surface area contributed by atoms with Gasteiger partial charge in [-0.05, 0) is 49.6 Å². The van der Waals surface area contributed by atoms with Crippen molar-refractivity contribution in [1.82, 2.24) is 4.90 Å². The van der Waals surface area contributed by atoms with Crippen molar-refractivity contribution in [1.29, 1.82) is 0 Å². The van der Waals surface area contributed by atoms with Crippen LogP contribution in [-0.4, -0.2) is 57.9 Å². The third-order valence-corrected chi connectivity index (χ3v) is 6.06. The van der Waals surface area contributed by atoms with Crippen LogP contribution in [-0.2, 0) is 9.53 Å². The van der Waals surface area contributed by atoms with Gasteiger partial charge in [-0.15, -0.1) is 0 Å². The van der Waals surface area contributed by atoms with Crippen molar-refractivity contribution in [2.75, 3.05) is 46.3 Å². The summed E-state index contributed by atoms with van der Waals surface area (Å²) in [5.74, 6) is 1.75. The summed E-state index contributed by atoms with van der Waals surface area (Å²) in [4.78, 5) is 14.6. The van der Waals surface area contributed by atoms with Gasteiger partial charge < -0.3 is 24.3 Å². The summed E-state index contributed by atoms with van der Waals surface area (Å²) in [5.41, 5.74) is 2.00. The second-order valence-electron chi connectivity index (χ2n) is 7.57. The molecule has 32 heavy (non-hydrogen) atoms. The number of nitrogens with one attached hydrogen (secondary N) is 1. The van der Waals surface area contributed by atoms with Crippen molar-refractivity contribution < 1.29 is 23.7 Å². The van der Waals surface area contributed by atoms with E-state index in [9.17, 15) is 4.79 Å². The highest BCUT2D eigenvalue weighted by Crippen LogP contribution is 2.39. The van der Waals surface area contributed by atoms with Gasteiger partial charge in [0.2, 0.25) is 0 Å². The molecule has 1 aliphatic rings. The summed E-state index contributed by atoms with van der Waals surface area (Å²) in [7, 11) is 4.84. The van der Waals surface area contributed by atoms with E-state index in [0.717, 1.165) is 24.1 Å². The van der Waals surface area contributed by atoms with E-state index >= 15 is 0 Å². The largest absolute Gasteiger partial charge is 0.495 e. The zero-order chi connectivity index (χ0) is 23.1. The Morgan fingerprint density at radius 1 is 1.03 bits per heavy atom. The van der Waals surface area contributed by atoms with E-state index in [1.807, 2.05) is 37.3 Å². The summed E-state index contributed by atoms with van der Waals surface area (Å²) in [6, 6.07) is 11.7. The molecule has 1 N–H and O–H groups in total. The molecule has 0 radical (unpaired) electrons. The molecule has 2 aromatic rings. The van der Waals surface area contributed by atoms with Crippen LogP contribution in [0.5, 0.6) is 17.2 Å². The molecule has 2 atom stereocenters. The average molecular weight is 463 g/mol. The number of carbonyl (C=O) groups is 1. The van der Waals surface area contributed by atoms with E-state index in [-0.39, 0.29) is 24.6 Å². The van der Waals surface area contributed by atoms with E-state index in [2.05, 4.69) is 10.2 Å². The van der Waals surface area contributed by atoms with Crippen LogP contribution in [0.4, 0.5) is 5.69 Å². The number of ether oxygens (including phenoxy) is 4. The molecule has 0 unspecified atom stereocenters. The Morgan fingerprint density at radius 3 is 2.47 bits per heavy atom. The predicted octanol–water partition coefficient (Wildman–Crippen LogP) is 4.55. The first-order valence-electron chi connectivity index (χ1n) is 10.7. The van der Waals surface area contributed by atoms with E-state index < -0.39 is 0 Å². The van der Waals surface area contributed by atoms with Crippen molar-refractivity contribution in [3.05, 3.63) is 47.0 Å². The lowest BCUT2D eigenvalue weighted by Gasteiger charge is -2.30. The summed E-state index contributed by atoms with van der Waals surface area (Å²) in [6.07, 6.45) is 1.86. The third kappa shape index (κ3) is 5.58. The lowest BCUT2D eigenvalue weighted by Crippen LogP contribution is -2.40. The average Bonchev–Trinajstić information content (AvgIpc) is 3.20. The van der Waals surface area contributed by atoms with Gasteiger partial charge in [-0.25, -0.2) is 0 Å². The minimum absolute atomic E-state index is 0.0748. The molecule has 1 aliphatic heterocycles. The first-order valence-corrected chi connectivity index (χ1v) is 11.1. The highest BCUT2D eigenvalue weighted by Gasteiger charge is 2.36. The molecular formula is C24H31ClN2O5. The maximum atomic E-state index is 12.4. The molecule has 2 aromatic carbocycles. The fourth-order valence-corrected chi connectivity index (χ4v) is 4.37. The highest BCUT2D eigenvalue weighted by atomic mass is 35.5. The fraction of sp³-hybridized carbons (Fsp3) is 0.458. The summed E-state index contributed by atoms with van der Waals surface area (Å²) >= 11 is 6.14. The number of methoxy groups -OCH3 is 3. The molecule has 0 spiro atoms. The van der Waals surface area contributed by atoms with Crippen molar-refractivity contribution in [3.63, 3.8) is 0 Å². The third-order valence-electron chi connectivity index (χ3n) is 5.74. The number of likely N-dealkylation sites (tertiary alicyclic amines) is 1. The lowest BCUT2D eigenvalue weighted by molar-refractivity contribution is -0.145. The second-order valence-corrected chi connectivity index (χ2v) is 7.98. The number of anilines is 1. The van der Waals surface area contributed by atoms with E-state index in [1.165, 1.54) is 0 Å². The second kappa shape index (κ2) is 11.3. The van der Waals surface area contributed by atoms with Crippen molar-refractivity contribution in [2.24, 2.45) is 0 Å². The molecule has 1 fully saturated rings. The summed E-state index contributed by atoms with van der Waals surface area (Å²) in [5, 5.41) is 4.03. The normalized spacial score (nSPS) is 18.3. The lowest BCUT2D eigenvalue weighted by atomic mass is 10.0. The van der Waals surface area contributed by atoms with Crippen molar-refractivity contribution >= 4 is 23.3 Å². The quantitative estimate of drug-likeness (QED) is 0.519. The van der Waals surface area contributed by atoms with Gasteiger partial charge in [0, 0.05) is 30.4 Å². The molecule has 0 bridgehead atoms. The number of esters is 1. The number of hydrogen-bond acceptors (Lipinski definition) is 7. The molecule has 1 saturated heterocycles. The molecule has 0 amide bonds. The maximum absolute atomic E-state index is 12.4. The molecule has 3 rings (SSSR count). The van der Waals surface area contributed by atoms with Gasteiger partial charge in [-0.1, -0.05) is 17.7 Å². The van der Waals surface area contributed by atoms with Crippen molar-refractivity contribution in [2.45, 2.75) is 31.8 Å². The van der Waals surface area contributed by atoms with E-state index in [4.69, 9.17) is 30.5 Å². The maximum Gasteiger partial charge on any atom is 0.320 e. The van der Waals surface area contributed by atoms with E-state index in [1.54, 1.807) is 27.4 Å². The summed E-state index contributed by atoms with van der Waals surface area (Å²) < 4.78 is 21.4. The number of halogens is 1. The Kier molecular flexibility index (Phi) is 8.47. The van der Waals surface area contributed by atoms with Gasteiger partial charge in [0.25, 0.3) is 0 Å². The topological polar surface area (TPSA) is 69.3 Å². The molecule has 0 saturated carbocycles. The number of benzene rings is 2. The molecule has 7 nitrogen and oxygen atoms in total.